The van der Waals surface area contributed by atoms with Gasteiger partial charge in [-0.2, -0.15) is 5.10 Å². The van der Waals surface area contributed by atoms with Gasteiger partial charge in [-0.15, -0.1) is 0 Å². The van der Waals surface area contributed by atoms with Crippen LogP contribution in [-0.4, -0.2) is 29.7 Å². The van der Waals surface area contributed by atoms with Gasteiger partial charge in [-0.1, -0.05) is 13.0 Å². The Morgan fingerprint density at radius 2 is 2.15 bits per heavy atom. The molecule has 1 heterocycles. The summed E-state index contributed by atoms with van der Waals surface area (Å²) in [5, 5.41) is 15.2. The van der Waals surface area contributed by atoms with E-state index in [-0.39, 0.29) is 16.3 Å². The van der Waals surface area contributed by atoms with Gasteiger partial charge in [0.15, 0.2) is 0 Å². The van der Waals surface area contributed by atoms with E-state index in [4.69, 9.17) is 5.11 Å². The number of carboxylic acid groups (broad SMARTS) is 1. The summed E-state index contributed by atoms with van der Waals surface area (Å²) in [6.07, 6.45) is 1.91. The number of aromatic carboxylic acids is 1. The molecule has 0 spiro atoms. The Balaban J connectivity index is 2.42. The van der Waals surface area contributed by atoms with Gasteiger partial charge in [0.2, 0.25) is 0 Å². The number of nitrogens with one attached hydrogen (secondary N) is 2. The predicted molar refractivity (Wildman–Crippen MR) is 72.2 cm³/mol. The number of carbonyl (C=O) groups is 1. The molecule has 1 aromatic carbocycles. The van der Waals surface area contributed by atoms with Crippen LogP contribution in [0.15, 0.2) is 35.4 Å². The van der Waals surface area contributed by atoms with E-state index in [1.165, 1.54) is 24.4 Å². The van der Waals surface area contributed by atoms with Crippen molar-refractivity contribution in [3.8, 4) is 0 Å². The molecule has 0 fully saturated rings. The van der Waals surface area contributed by atoms with Crippen molar-refractivity contribution in [2.24, 2.45) is 0 Å². The maximum absolute atomic E-state index is 12.1. The minimum atomic E-state index is -3.85. The maximum atomic E-state index is 12.1. The molecule has 0 radical (unpaired) electrons. The standard InChI is InChI=1S/C12H13N3O4S/c1-2-8-3-4-9(7-10(8)12(16)17)20(18,19)15-11-5-6-13-14-11/h3-7H,2H2,1H3,(H,16,17)(H2,13,14,15). The van der Waals surface area contributed by atoms with Crippen molar-refractivity contribution in [2.75, 3.05) is 4.72 Å². The summed E-state index contributed by atoms with van der Waals surface area (Å²) in [4.78, 5) is 11.0. The highest BCUT2D eigenvalue weighted by molar-refractivity contribution is 7.92. The summed E-state index contributed by atoms with van der Waals surface area (Å²) in [6.45, 7) is 1.80. The molecule has 0 bridgehead atoms. The normalized spacial score (nSPS) is 11.2. The molecule has 0 amide bonds. The second-order valence-corrected chi connectivity index (χ2v) is 5.74. The molecule has 7 nitrogen and oxygen atoms in total. The van der Waals surface area contributed by atoms with Crippen molar-refractivity contribution in [1.29, 1.82) is 0 Å². The predicted octanol–water partition coefficient (Wildman–Crippen LogP) is 1.47. The highest BCUT2D eigenvalue weighted by atomic mass is 32.2. The Morgan fingerprint density at radius 3 is 2.70 bits per heavy atom. The second-order valence-electron chi connectivity index (χ2n) is 4.05. The molecule has 0 saturated heterocycles. The summed E-state index contributed by atoms with van der Waals surface area (Å²) in [7, 11) is -3.85. The molecule has 0 atom stereocenters. The first-order valence-corrected chi connectivity index (χ1v) is 7.30. The molecular formula is C12H13N3O4S. The van der Waals surface area contributed by atoms with E-state index in [9.17, 15) is 13.2 Å². The largest absolute Gasteiger partial charge is 0.478 e. The lowest BCUT2D eigenvalue weighted by molar-refractivity contribution is 0.0695. The van der Waals surface area contributed by atoms with Crippen molar-refractivity contribution < 1.29 is 18.3 Å². The number of hydrogen-bond acceptors (Lipinski definition) is 4. The molecule has 106 valence electrons. The molecule has 8 heteroatoms. The molecule has 0 aliphatic heterocycles. The van der Waals surface area contributed by atoms with Gasteiger partial charge < -0.3 is 5.11 Å². The van der Waals surface area contributed by atoms with E-state index < -0.39 is 16.0 Å². The molecular weight excluding hydrogens is 282 g/mol. The van der Waals surface area contributed by atoms with Crippen LogP contribution in [0.5, 0.6) is 0 Å². The van der Waals surface area contributed by atoms with Crippen LogP contribution < -0.4 is 4.72 Å². The van der Waals surface area contributed by atoms with Gasteiger partial charge in [0, 0.05) is 6.07 Å². The Hall–Kier alpha value is -2.35. The minimum absolute atomic E-state index is 0.0139. The Kier molecular flexibility index (Phi) is 3.75. The second kappa shape index (κ2) is 5.33. The summed E-state index contributed by atoms with van der Waals surface area (Å²) in [5.41, 5.74) is 0.568. The SMILES string of the molecule is CCc1ccc(S(=O)(=O)Nc2ccn[nH]2)cc1C(=O)O. The number of sulfonamides is 1. The van der Waals surface area contributed by atoms with Crippen LogP contribution in [0.4, 0.5) is 5.82 Å². The lowest BCUT2D eigenvalue weighted by Crippen LogP contribution is -2.14. The summed E-state index contributed by atoms with van der Waals surface area (Å²) >= 11 is 0. The molecule has 0 saturated carbocycles. The van der Waals surface area contributed by atoms with Crippen LogP contribution in [0.1, 0.15) is 22.8 Å². The fourth-order valence-electron chi connectivity index (χ4n) is 1.75. The first-order valence-electron chi connectivity index (χ1n) is 5.82. The van der Waals surface area contributed by atoms with E-state index in [1.54, 1.807) is 6.92 Å². The van der Waals surface area contributed by atoms with Crippen LogP contribution in [-0.2, 0) is 16.4 Å². The number of carboxylic acids is 1. The van der Waals surface area contributed by atoms with Crippen molar-refractivity contribution >= 4 is 21.8 Å². The van der Waals surface area contributed by atoms with Gasteiger partial charge in [-0.25, -0.2) is 13.2 Å². The van der Waals surface area contributed by atoms with Crippen molar-refractivity contribution in [3.63, 3.8) is 0 Å². The zero-order chi connectivity index (χ0) is 14.8. The maximum Gasteiger partial charge on any atom is 0.336 e. The molecule has 3 N–H and O–H groups in total. The van der Waals surface area contributed by atoms with Crippen LogP contribution in [0.3, 0.4) is 0 Å². The molecule has 0 aliphatic carbocycles. The fourth-order valence-corrected chi connectivity index (χ4v) is 2.79. The Labute approximate surface area is 115 Å². The van der Waals surface area contributed by atoms with Crippen molar-refractivity contribution in [3.05, 3.63) is 41.6 Å². The first kappa shape index (κ1) is 14.1. The summed E-state index contributed by atoms with van der Waals surface area (Å²) in [6, 6.07) is 5.49. The third-order valence-corrected chi connectivity index (χ3v) is 4.11. The number of benzene rings is 1. The van der Waals surface area contributed by atoms with Gasteiger partial charge in [0.05, 0.1) is 16.7 Å². The first-order chi connectivity index (χ1) is 9.44. The summed E-state index contributed by atoms with van der Waals surface area (Å²) in [5.74, 6) is -0.943. The minimum Gasteiger partial charge on any atom is -0.478 e. The zero-order valence-electron chi connectivity index (χ0n) is 10.6. The monoisotopic (exact) mass is 295 g/mol. The molecule has 0 aliphatic rings. The van der Waals surface area contributed by atoms with Crippen LogP contribution in [0.25, 0.3) is 0 Å². The van der Waals surface area contributed by atoms with Gasteiger partial charge >= 0.3 is 5.97 Å². The summed E-state index contributed by atoms with van der Waals surface area (Å²) < 4.78 is 26.5. The smallest absolute Gasteiger partial charge is 0.336 e. The van der Waals surface area contributed by atoms with Gasteiger partial charge in [-0.05, 0) is 24.1 Å². The molecule has 0 unspecified atom stereocenters. The lowest BCUT2D eigenvalue weighted by Gasteiger charge is -2.09. The van der Waals surface area contributed by atoms with Crippen molar-refractivity contribution in [2.45, 2.75) is 18.2 Å². The van der Waals surface area contributed by atoms with E-state index in [0.717, 1.165) is 6.07 Å². The third kappa shape index (κ3) is 2.80. The van der Waals surface area contributed by atoms with Crippen LogP contribution >= 0.6 is 0 Å². The number of H-pyrrole nitrogens is 1. The average molecular weight is 295 g/mol. The van der Waals surface area contributed by atoms with Crippen LogP contribution in [0.2, 0.25) is 0 Å². The number of aromatic nitrogens is 2. The quantitative estimate of drug-likeness (QED) is 0.773. The van der Waals surface area contributed by atoms with E-state index in [2.05, 4.69) is 14.9 Å². The molecule has 1 aromatic heterocycles. The lowest BCUT2D eigenvalue weighted by atomic mass is 10.1. The van der Waals surface area contributed by atoms with E-state index in [1.807, 2.05) is 0 Å². The average Bonchev–Trinajstić information content (AvgIpc) is 2.89. The number of anilines is 1. The van der Waals surface area contributed by atoms with Gasteiger partial charge in [0.25, 0.3) is 10.0 Å². The number of aromatic amines is 1. The molecule has 2 rings (SSSR count). The topological polar surface area (TPSA) is 112 Å². The highest BCUT2D eigenvalue weighted by Crippen LogP contribution is 2.19. The molecule has 20 heavy (non-hydrogen) atoms. The highest BCUT2D eigenvalue weighted by Gasteiger charge is 2.18. The number of rotatable bonds is 5. The van der Waals surface area contributed by atoms with Gasteiger partial charge in [-0.3, -0.25) is 9.82 Å². The van der Waals surface area contributed by atoms with E-state index in [0.29, 0.717) is 12.0 Å². The van der Waals surface area contributed by atoms with Crippen molar-refractivity contribution in [1.82, 2.24) is 10.2 Å². The van der Waals surface area contributed by atoms with Crippen LogP contribution in [0, 0.1) is 0 Å². The Morgan fingerprint density at radius 1 is 1.40 bits per heavy atom. The number of nitrogens with zero attached hydrogens (tertiary/aromatic N) is 1. The van der Waals surface area contributed by atoms with E-state index >= 15 is 0 Å². The zero-order valence-corrected chi connectivity index (χ0v) is 11.4. The Bertz CT molecular complexity index is 723. The fraction of sp³-hybridized carbons (Fsp3) is 0.167. The number of aryl methyl sites for hydroxylation is 1. The molecule has 2 aromatic rings. The number of hydrogen-bond donors (Lipinski definition) is 3. The van der Waals surface area contributed by atoms with Gasteiger partial charge in [0.1, 0.15) is 5.82 Å². The third-order valence-electron chi connectivity index (χ3n) is 2.75.